The molecule has 2 N–H and O–H groups in total. The number of carbonyl (C=O) groups is 1. The Morgan fingerprint density at radius 3 is 3.13 bits per heavy atom. The normalized spacial score (nSPS) is 17.3. The highest BCUT2D eigenvalue weighted by molar-refractivity contribution is 7.15. The molecule has 1 aromatic heterocycles. The lowest BCUT2D eigenvalue weighted by atomic mass is 10.1. The number of anilines is 1. The van der Waals surface area contributed by atoms with Gasteiger partial charge in [-0.3, -0.25) is 4.79 Å². The van der Waals surface area contributed by atoms with E-state index < -0.39 is 0 Å². The van der Waals surface area contributed by atoms with E-state index >= 15 is 0 Å². The first-order chi connectivity index (χ1) is 10.7. The number of nitrogens with one attached hydrogen (secondary N) is 2. The molecule has 1 amide bonds. The van der Waals surface area contributed by atoms with Crippen LogP contribution >= 0.6 is 35.3 Å². The fraction of sp³-hybridized carbons (Fsp3) is 0.333. The van der Waals surface area contributed by atoms with Crippen molar-refractivity contribution in [1.82, 2.24) is 10.3 Å². The summed E-state index contributed by atoms with van der Waals surface area (Å²) in [6, 6.07) is 7.42. The predicted octanol–water partition coefficient (Wildman–Crippen LogP) is 2.74. The summed E-state index contributed by atoms with van der Waals surface area (Å²) in [5.41, 5.74) is 1.12. The maximum absolute atomic E-state index is 12.1. The Hall–Kier alpha value is -1.18. The molecule has 2 aromatic rings. The fourth-order valence-corrected chi connectivity index (χ4v) is 3.28. The van der Waals surface area contributed by atoms with E-state index in [1.165, 1.54) is 11.3 Å². The lowest BCUT2D eigenvalue weighted by Crippen LogP contribution is -2.48. The smallest absolute Gasteiger partial charge is 0.245 e. The molecule has 0 spiro atoms. The van der Waals surface area contributed by atoms with Gasteiger partial charge in [-0.2, -0.15) is 0 Å². The molecule has 3 rings (SSSR count). The number of thiazole rings is 1. The molecule has 1 atom stereocenters. The van der Waals surface area contributed by atoms with Gasteiger partial charge in [-0.1, -0.05) is 23.7 Å². The molecule has 1 unspecified atom stereocenters. The second kappa shape index (κ2) is 8.61. The van der Waals surface area contributed by atoms with Gasteiger partial charge in [0.1, 0.15) is 6.04 Å². The van der Waals surface area contributed by atoms with Gasteiger partial charge in [0.25, 0.3) is 0 Å². The minimum Gasteiger partial charge on any atom is -0.378 e. The number of hydrogen-bond acceptors (Lipinski definition) is 5. The summed E-state index contributed by atoms with van der Waals surface area (Å²) >= 11 is 7.45. The van der Waals surface area contributed by atoms with Crippen molar-refractivity contribution in [3.8, 4) is 0 Å². The average Bonchev–Trinajstić information content (AvgIpc) is 2.95. The molecule has 0 saturated carbocycles. The van der Waals surface area contributed by atoms with Crippen molar-refractivity contribution in [2.45, 2.75) is 12.5 Å². The Labute approximate surface area is 149 Å². The molecule has 0 aliphatic carbocycles. The van der Waals surface area contributed by atoms with Gasteiger partial charge in [-0.25, -0.2) is 4.98 Å². The number of halogens is 2. The highest BCUT2D eigenvalue weighted by atomic mass is 35.5. The van der Waals surface area contributed by atoms with E-state index in [-0.39, 0.29) is 24.4 Å². The number of amides is 1. The summed E-state index contributed by atoms with van der Waals surface area (Å²) < 4.78 is 5.28. The van der Waals surface area contributed by atoms with Crippen LogP contribution in [0.3, 0.4) is 0 Å². The van der Waals surface area contributed by atoms with E-state index in [1.807, 2.05) is 24.3 Å². The van der Waals surface area contributed by atoms with Gasteiger partial charge in [0.2, 0.25) is 5.91 Å². The number of carbonyl (C=O) groups excluding carboxylic acids is 1. The van der Waals surface area contributed by atoms with Crippen molar-refractivity contribution >= 4 is 46.4 Å². The molecular formula is C15H17Cl2N3O2S. The van der Waals surface area contributed by atoms with Crippen molar-refractivity contribution in [2.24, 2.45) is 0 Å². The average molecular weight is 374 g/mol. The van der Waals surface area contributed by atoms with Crippen LogP contribution in [-0.4, -0.2) is 36.7 Å². The van der Waals surface area contributed by atoms with Crippen LogP contribution in [0.4, 0.5) is 5.13 Å². The van der Waals surface area contributed by atoms with Crippen LogP contribution in [0.1, 0.15) is 10.4 Å². The third kappa shape index (κ3) is 5.16. The number of aromatic nitrogens is 1. The summed E-state index contributed by atoms with van der Waals surface area (Å²) in [6.45, 7) is 1.73. The Morgan fingerprint density at radius 2 is 2.39 bits per heavy atom. The van der Waals surface area contributed by atoms with Gasteiger partial charge in [0, 0.05) is 29.1 Å². The monoisotopic (exact) mass is 373 g/mol. The maximum atomic E-state index is 12.1. The van der Waals surface area contributed by atoms with Crippen LogP contribution in [-0.2, 0) is 16.0 Å². The molecule has 1 aliphatic heterocycles. The van der Waals surface area contributed by atoms with E-state index in [9.17, 15) is 4.79 Å². The zero-order chi connectivity index (χ0) is 15.4. The second-order valence-electron chi connectivity index (χ2n) is 5.01. The topological polar surface area (TPSA) is 63.2 Å². The first kappa shape index (κ1) is 18.2. The number of rotatable bonds is 4. The maximum Gasteiger partial charge on any atom is 0.245 e. The molecule has 8 heteroatoms. The number of ether oxygens (including phenoxy) is 1. The van der Waals surface area contributed by atoms with Gasteiger partial charge < -0.3 is 15.4 Å². The van der Waals surface area contributed by atoms with Crippen molar-refractivity contribution in [1.29, 1.82) is 0 Å². The minimum atomic E-state index is -0.311. The predicted molar refractivity (Wildman–Crippen MR) is 94.9 cm³/mol. The van der Waals surface area contributed by atoms with Crippen LogP contribution < -0.4 is 10.6 Å². The molecule has 1 saturated heterocycles. The lowest BCUT2D eigenvalue weighted by Gasteiger charge is -2.22. The number of benzene rings is 1. The van der Waals surface area contributed by atoms with Crippen LogP contribution in [0, 0.1) is 0 Å². The second-order valence-corrected chi connectivity index (χ2v) is 6.56. The van der Waals surface area contributed by atoms with E-state index in [2.05, 4.69) is 15.6 Å². The van der Waals surface area contributed by atoms with Crippen LogP contribution in [0.5, 0.6) is 0 Å². The molecule has 5 nitrogen and oxygen atoms in total. The molecular weight excluding hydrogens is 357 g/mol. The molecule has 0 radical (unpaired) electrons. The van der Waals surface area contributed by atoms with E-state index in [0.717, 1.165) is 21.9 Å². The fourth-order valence-electron chi connectivity index (χ4n) is 2.22. The van der Waals surface area contributed by atoms with Crippen molar-refractivity contribution in [3.05, 3.63) is 45.9 Å². The standard InChI is InChI=1S/C15H16ClN3O2S.ClH/c16-11-3-1-2-10(6-11)7-12-8-18-15(22-12)19-14(20)13-9-21-5-4-17-13;/h1-3,6,8,13,17H,4-5,7,9H2,(H,18,19,20);1H. The highest BCUT2D eigenvalue weighted by Crippen LogP contribution is 2.22. The van der Waals surface area contributed by atoms with Gasteiger partial charge in [-0.05, 0) is 17.7 Å². The quantitative estimate of drug-likeness (QED) is 0.864. The molecule has 2 heterocycles. The lowest BCUT2D eigenvalue weighted by molar-refractivity contribution is -0.120. The molecule has 23 heavy (non-hydrogen) atoms. The summed E-state index contributed by atoms with van der Waals surface area (Å²) in [6.07, 6.45) is 2.53. The van der Waals surface area contributed by atoms with Crippen molar-refractivity contribution < 1.29 is 9.53 Å². The van der Waals surface area contributed by atoms with Crippen LogP contribution in [0.15, 0.2) is 30.5 Å². The minimum absolute atomic E-state index is 0. The van der Waals surface area contributed by atoms with Crippen molar-refractivity contribution in [3.63, 3.8) is 0 Å². The summed E-state index contributed by atoms with van der Waals surface area (Å²) in [7, 11) is 0. The third-order valence-electron chi connectivity index (χ3n) is 3.29. The SMILES string of the molecule is Cl.O=C(Nc1ncc(Cc2cccc(Cl)c2)s1)C1COCCN1. The molecule has 124 valence electrons. The van der Waals surface area contributed by atoms with Gasteiger partial charge in [0.15, 0.2) is 5.13 Å². The molecule has 1 aromatic carbocycles. The van der Waals surface area contributed by atoms with E-state index in [4.69, 9.17) is 16.3 Å². The molecule has 1 aliphatic rings. The summed E-state index contributed by atoms with van der Waals surface area (Å²) in [5, 5.41) is 7.27. The van der Waals surface area contributed by atoms with Crippen LogP contribution in [0.2, 0.25) is 5.02 Å². The Bertz CT molecular complexity index is 660. The Balaban J connectivity index is 0.00000192. The highest BCUT2D eigenvalue weighted by Gasteiger charge is 2.21. The van der Waals surface area contributed by atoms with Crippen molar-refractivity contribution in [2.75, 3.05) is 25.1 Å². The number of morpholine rings is 1. The van der Waals surface area contributed by atoms with Gasteiger partial charge in [0.05, 0.1) is 13.2 Å². The first-order valence-corrected chi connectivity index (χ1v) is 8.21. The van der Waals surface area contributed by atoms with Crippen LogP contribution in [0.25, 0.3) is 0 Å². The van der Waals surface area contributed by atoms with Gasteiger partial charge in [-0.15, -0.1) is 23.7 Å². The zero-order valence-corrected chi connectivity index (χ0v) is 14.6. The Morgan fingerprint density at radius 1 is 1.52 bits per heavy atom. The molecule has 1 fully saturated rings. The number of nitrogens with zero attached hydrogens (tertiary/aromatic N) is 1. The zero-order valence-electron chi connectivity index (χ0n) is 12.3. The third-order valence-corrected chi connectivity index (χ3v) is 4.44. The largest absolute Gasteiger partial charge is 0.378 e. The van der Waals surface area contributed by atoms with Gasteiger partial charge >= 0.3 is 0 Å². The molecule has 0 bridgehead atoms. The summed E-state index contributed by atoms with van der Waals surface area (Å²) in [4.78, 5) is 17.4. The van der Waals surface area contributed by atoms with E-state index in [0.29, 0.717) is 24.9 Å². The van der Waals surface area contributed by atoms with E-state index in [1.54, 1.807) is 6.20 Å². The number of hydrogen-bond donors (Lipinski definition) is 2. The Kier molecular flexibility index (Phi) is 6.80. The summed E-state index contributed by atoms with van der Waals surface area (Å²) in [5.74, 6) is -0.108. The first-order valence-electron chi connectivity index (χ1n) is 7.02.